The number of hydrogen-bond donors (Lipinski definition) is 1. The zero-order valence-corrected chi connectivity index (χ0v) is 9.77. The maximum atomic E-state index is 5.51. The van der Waals surface area contributed by atoms with Gasteiger partial charge in [0.25, 0.3) is 0 Å². The lowest BCUT2D eigenvalue weighted by molar-refractivity contribution is 0.120. The number of hydrogen-bond acceptors (Lipinski definition) is 4. The van der Waals surface area contributed by atoms with Gasteiger partial charge in [0.2, 0.25) is 0 Å². The summed E-state index contributed by atoms with van der Waals surface area (Å²) in [5.41, 5.74) is 5.51. The summed E-state index contributed by atoms with van der Waals surface area (Å²) >= 11 is 0. The molecular weight excluding hydrogens is 202 g/mol. The third-order valence-electron chi connectivity index (χ3n) is 3.10. The van der Waals surface area contributed by atoms with Crippen molar-refractivity contribution in [2.24, 2.45) is 5.73 Å². The fourth-order valence-corrected chi connectivity index (χ4v) is 2.11. The topological polar surface area (TPSA) is 45.6 Å². The van der Waals surface area contributed by atoms with Crippen molar-refractivity contribution in [1.29, 1.82) is 0 Å². The summed E-state index contributed by atoms with van der Waals surface area (Å²) in [7, 11) is 0. The second-order valence-corrected chi connectivity index (χ2v) is 4.34. The summed E-state index contributed by atoms with van der Waals surface area (Å²) in [6.45, 7) is 7.45. The summed E-state index contributed by atoms with van der Waals surface area (Å²) in [4.78, 5) is 4.93. The first-order valence-corrected chi connectivity index (χ1v) is 6.05. The maximum Gasteiger partial charge on any atom is 0.117 e. The molecule has 1 aliphatic heterocycles. The van der Waals surface area contributed by atoms with Crippen LogP contribution < -0.4 is 5.73 Å². The highest BCUT2D eigenvalue weighted by molar-refractivity contribution is 4.98. The summed E-state index contributed by atoms with van der Waals surface area (Å²) in [6.07, 6.45) is 2.85. The van der Waals surface area contributed by atoms with Crippen LogP contribution in [0.2, 0.25) is 0 Å². The van der Waals surface area contributed by atoms with Crippen LogP contribution in [0.5, 0.6) is 0 Å². The van der Waals surface area contributed by atoms with E-state index in [1.165, 1.54) is 0 Å². The standard InChI is InChI=1S/C12H21N3O/c13-4-2-5-14-6-8-15(9-7-14)11-12-3-1-10-16-12/h1,3,10H,2,4-9,11,13H2. The van der Waals surface area contributed by atoms with E-state index >= 15 is 0 Å². The Morgan fingerprint density at radius 3 is 2.56 bits per heavy atom. The maximum absolute atomic E-state index is 5.51. The average Bonchev–Trinajstić information content (AvgIpc) is 2.81. The third-order valence-corrected chi connectivity index (χ3v) is 3.10. The number of nitrogens with zero attached hydrogens (tertiary/aromatic N) is 2. The first-order chi connectivity index (χ1) is 7.88. The number of furan rings is 1. The molecule has 1 fully saturated rings. The molecule has 2 rings (SSSR count). The summed E-state index contributed by atoms with van der Waals surface area (Å²) < 4.78 is 5.36. The zero-order valence-electron chi connectivity index (χ0n) is 9.77. The van der Waals surface area contributed by atoms with Crippen molar-refractivity contribution in [2.45, 2.75) is 13.0 Å². The van der Waals surface area contributed by atoms with Crippen LogP contribution >= 0.6 is 0 Å². The van der Waals surface area contributed by atoms with Crippen LogP contribution in [-0.2, 0) is 6.54 Å². The molecule has 1 aliphatic rings. The van der Waals surface area contributed by atoms with E-state index in [0.717, 1.165) is 58.0 Å². The Labute approximate surface area is 97.0 Å². The molecule has 0 radical (unpaired) electrons. The van der Waals surface area contributed by atoms with Gasteiger partial charge >= 0.3 is 0 Å². The molecule has 2 heterocycles. The molecule has 0 saturated carbocycles. The zero-order chi connectivity index (χ0) is 11.2. The molecule has 1 aromatic heterocycles. The third kappa shape index (κ3) is 3.33. The molecule has 1 aromatic rings. The Morgan fingerprint density at radius 1 is 1.19 bits per heavy atom. The van der Waals surface area contributed by atoms with Crippen molar-refractivity contribution in [3.05, 3.63) is 24.2 Å². The van der Waals surface area contributed by atoms with Crippen molar-refractivity contribution in [3.8, 4) is 0 Å². The van der Waals surface area contributed by atoms with Crippen molar-refractivity contribution >= 4 is 0 Å². The molecular formula is C12H21N3O. The molecule has 0 aromatic carbocycles. The predicted molar refractivity (Wildman–Crippen MR) is 64.1 cm³/mol. The van der Waals surface area contributed by atoms with Crippen molar-refractivity contribution in [3.63, 3.8) is 0 Å². The fraction of sp³-hybridized carbons (Fsp3) is 0.667. The Hall–Kier alpha value is -0.840. The van der Waals surface area contributed by atoms with Crippen LogP contribution in [0, 0.1) is 0 Å². The summed E-state index contributed by atoms with van der Waals surface area (Å²) in [5, 5.41) is 0. The van der Waals surface area contributed by atoms with Gasteiger partial charge in [-0.25, -0.2) is 0 Å². The first kappa shape index (κ1) is 11.6. The SMILES string of the molecule is NCCCN1CCN(Cc2ccco2)CC1. The number of piperazine rings is 1. The van der Waals surface area contributed by atoms with Crippen LogP contribution in [0.25, 0.3) is 0 Å². The lowest BCUT2D eigenvalue weighted by Crippen LogP contribution is -2.46. The van der Waals surface area contributed by atoms with Gasteiger partial charge in [-0.2, -0.15) is 0 Å². The van der Waals surface area contributed by atoms with Crippen LogP contribution in [-0.4, -0.2) is 49.1 Å². The molecule has 4 nitrogen and oxygen atoms in total. The summed E-state index contributed by atoms with van der Waals surface area (Å²) in [5.74, 6) is 1.07. The largest absolute Gasteiger partial charge is 0.468 e. The lowest BCUT2D eigenvalue weighted by atomic mass is 10.2. The van der Waals surface area contributed by atoms with Gasteiger partial charge in [0.05, 0.1) is 12.8 Å². The highest BCUT2D eigenvalue weighted by Gasteiger charge is 2.16. The number of rotatable bonds is 5. The minimum atomic E-state index is 0.798. The molecule has 0 bridgehead atoms. The second-order valence-electron chi connectivity index (χ2n) is 4.34. The highest BCUT2D eigenvalue weighted by atomic mass is 16.3. The van der Waals surface area contributed by atoms with Crippen molar-refractivity contribution < 1.29 is 4.42 Å². The quantitative estimate of drug-likeness (QED) is 0.800. The molecule has 0 unspecified atom stereocenters. The van der Waals surface area contributed by atoms with Gasteiger partial charge in [0.15, 0.2) is 0 Å². The van der Waals surface area contributed by atoms with Gasteiger partial charge in [-0.05, 0) is 31.6 Å². The van der Waals surface area contributed by atoms with Crippen molar-refractivity contribution in [2.75, 3.05) is 39.3 Å². The fourth-order valence-electron chi connectivity index (χ4n) is 2.11. The molecule has 2 N–H and O–H groups in total. The van der Waals surface area contributed by atoms with Gasteiger partial charge in [-0.3, -0.25) is 4.90 Å². The molecule has 1 saturated heterocycles. The van der Waals surface area contributed by atoms with Gasteiger partial charge in [0.1, 0.15) is 5.76 Å². The van der Waals surface area contributed by atoms with Gasteiger partial charge in [0, 0.05) is 26.2 Å². The molecule has 16 heavy (non-hydrogen) atoms. The Kier molecular flexibility index (Phi) is 4.39. The lowest BCUT2D eigenvalue weighted by Gasteiger charge is -2.34. The minimum absolute atomic E-state index is 0.798. The highest BCUT2D eigenvalue weighted by Crippen LogP contribution is 2.08. The minimum Gasteiger partial charge on any atom is -0.468 e. The monoisotopic (exact) mass is 223 g/mol. The smallest absolute Gasteiger partial charge is 0.117 e. The normalized spacial score (nSPS) is 19.1. The average molecular weight is 223 g/mol. The Morgan fingerprint density at radius 2 is 1.94 bits per heavy atom. The van der Waals surface area contributed by atoms with E-state index in [2.05, 4.69) is 9.80 Å². The van der Waals surface area contributed by atoms with E-state index in [0.29, 0.717) is 0 Å². The van der Waals surface area contributed by atoms with Crippen LogP contribution in [0.3, 0.4) is 0 Å². The van der Waals surface area contributed by atoms with Gasteiger partial charge < -0.3 is 15.1 Å². The summed E-state index contributed by atoms with van der Waals surface area (Å²) in [6, 6.07) is 3.99. The molecule has 0 amide bonds. The van der Waals surface area contributed by atoms with Crippen LogP contribution in [0.4, 0.5) is 0 Å². The van der Waals surface area contributed by atoms with Crippen LogP contribution in [0.15, 0.2) is 22.8 Å². The molecule has 0 atom stereocenters. The van der Waals surface area contributed by atoms with E-state index in [1.807, 2.05) is 12.1 Å². The van der Waals surface area contributed by atoms with Gasteiger partial charge in [-0.1, -0.05) is 0 Å². The van der Waals surface area contributed by atoms with E-state index in [-0.39, 0.29) is 0 Å². The van der Waals surface area contributed by atoms with E-state index in [9.17, 15) is 0 Å². The molecule has 0 spiro atoms. The van der Waals surface area contributed by atoms with E-state index in [4.69, 9.17) is 10.2 Å². The number of nitrogens with two attached hydrogens (primary N) is 1. The predicted octanol–water partition coefficient (Wildman–Crippen LogP) is 0.746. The Balaban J connectivity index is 1.69. The molecule has 90 valence electrons. The van der Waals surface area contributed by atoms with E-state index < -0.39 is 0 Å². The first-order valence-electron chi connectivity index (χ1n) is 6.05. The molecule has 0 aliphatic carbocycles. The Bertz CT molecular complexity index is 278. The second kappa shape index (κ2) is 6.03. The van der Waals surface area contributed by atoms with E-state index in [1.54, 1.807) is 6.26 Å². The van der Waals surface area contributed by atoms with Crippen LogP contribution in [0.1, 0.15) is 12.2 Å². The molecule has 4 heteroatoms. The van der Waals surface area contributed by atoms with Gasteiger partial charge in [-0.15, -0.1) is 0 Å². The van der Waals surface area contributed by atoms with Crippen molar-refractivity contribution in [1.82, 2.24) is 9.80 Å².